The third-order valence-corrected chi connectivity index (χ3v) is 3.87. The van der Waals surface area contributed by atoms with Gasteiger partial charge in [0.05, 0.1) is 15.7 Å². The summed E-state index contributed by atoms with van der Waals surface area (Å²) >= 11 is 3.22. The van der Waals surface area contributed by atoms with Crippen LogP contribution in [0, 0.1) is 0 Å². The number of hydrogen-bond acceptors (Lipinski definition) is 3. The molecule has 0 saturated carbocycles. The van der Waals surface area contributed by atoms with E-state index in [-0.39, 0.29) is 4.75 Å². The lowest BCUT2D eigenvalue weighted by atomic mass is 10.2. The Labute approximate surface area is 107 Å². The number of hydrogen-bond donors (Lipinski definition) is 1. The van der Waals surface area contributed by atoms with Gasteiger partial charge in [0.1, 0.15) is 10.4 Å². The second kappa shape index (κ2) is 5.93. The van der Waals surface area contributed by atoms with Gasteiger partial charge in [0.2, 0.25) is 0 Å². The van der Waals surface area contributed by atoms with Gasteiger partial charge in [-0.25, -0.2) is 8.93 Å². The van der Waals surface area contributed by atoms with E-state index in [9.17, 15) is 4.21 Å². The molecule has 0 bridgehead atoms. The van der Waals surface area contributed by atoms with Crippen LogP contribution in [-0.4, -0.2) is 20.7 Å². The van der Waals surface area contributed by atoms with Gasteiger partial charge in [0.25, 0.3) is 0 Å². The van der Waals surface area contributed by atoms with Crippen molar-refractivity contribution in [2.75, 3.05) is 6.54 Å². The molecule has 1 unspecified atom stereocenters. The van der Waals surface area contributed by atoms with Crippen molar-refractivity contribution in [3.05, 3.63) is 16.4 Å². The van der Waals surface area contributed by atoms with Crippen molar-refractivity contribution in [2.24, 2.45) is 0 Å². The largest absolute Gasteiger partial charge is 0.360 e. The third-order valence-electron chi connectivity index (χ3n) is 1.92. The van der Waals surface area contributed by atoms with Gasteiger partial charge in [0, 0.05) is 19.0 Å². The maximum Gasteiger partial charge on any atom is 0.149 e. The second-order valence-electron chi connectivity index (χ2n) is 4.49. The summed E-state index contributed by atoms with van der Waals surface area (Å²) in [6.07, 6.45) is 1.68. The molecule has 1 heterocycles. The van der Waals surface area contributed by atoms with E-state index in [4.69, 9.17) is 4.52 Å². The molecule has 1 aromatic heterocycles. The summed E-state index contributed by atoms with van der Waals surface area (Å²) in [5.74, 6) is 0.843. The van der Waals surface area contributed by atoms with Crippen LogP contribution in [0.25, 0.3) is 0 Å². The van der Waals surface area contributed by atoms with E-state index in [1.165, 1.54) is 0 Å². The topological polar surface area (TPSA) is 55.1 Å². The Kier molecular flexibility index (Phi) is 5.14. The first-order valence-corrected chi connectivity index (χ1v) is 7.10. The van der Waals surface area contributed by atoms with Crippen LogP contribution in [-0.2, 0) is 17.4 Å². The van der Waals surface area contributed by atoms with Crippen LogP contribution >= 0.6 is 15.9 Å². The lowest BCUT2D eigenvalue weighted by Crippen LogP contribution is -2.33. The van der Waals surface area contributed by atoms with Gasteiger partial charge in [-0.1, -0.05) is 5.16 Å². The second-order valence-corrected chi connectivity index (χ2v) is 7.36. The zero-order valence-electron chi connectivity index (χ0n) is 9.75. The number of aryl methyl sites for hydroxylation is 1. The molecular formula is C10H17BrN2O2S. The lowest BCUT2D eigenvalue weighted by molar-refractivity contribution is 0.377. The Balaban J connectivity index is 2.20. The third kappa shape index (κ3) is 4.76. The monoisotopic (exact) mass is 308 g/mol. The van der Waals surface area contributed by atoms with Crippen LogP contribution in [0.2, 0.25) is 0 Å². The Hall–Kier alpha value is -0.200. The number of nitrogens with one attached hydrogen (secondary N) is 1. The van der Waals surface area contributed by atoms with Crippen LogP contribution in [0.15, 0.2) is 15.2 Å². The highest BCUT2D eigenvalue weighted by Crippen LogP contribution is 2.12. The number of aromatic nitrogens is 1. The first kappa shape index (κ1) is 13.9. The van der Waals surface area contributed by atoms with Crippen molar-refractivity contribution in [1.29, 1.82) is 0 Å². The summed E-state index contributed by atoms with van der Waals surface area (Å²) in [6.45, 7) is 6.55. The Morgan fingerprint density at radius 3 is 2.75 bits per heavy atom. The van der Waals surface area contributed by atoms with E-state index in [2.05, 4.69) is 25.8 Å². The van der Waals surface area contributed by atoms with E-state index in [0.717, 1.165) is 18.6 Å². The van der Waals surface area contributed by atoms with Gasteiger partial charge < -0.3 is 4.52 Å². The maximum absolute atomic E-state index is 11.6. The molecule has 0 fully saturated rings. The van der Waals surface area contributed by atoms with E-state index in [1.807, 2.05) is 26.8 Å². The first-order chi connectivity index (χ1) is 7.39. The van der Waals surface area contributed by atoms with Crippen molar-refractivity contribution in [3.8, 4) is 0 Å². The minimum Gasteiger partial charge on any atom is -0.360 e. The summed E-state index contributed by atoms with van der Waals surface area (Å²) in [4.78, 5) is 0. The van der Waals surface area contributed by atoms with Crippen LogP contribution in [0.4, 0.5) is 0 Å². The number of halogens is 1. The van der Waals surface area contributed by atoms with Crippen LogP contribution in [0.5, 0.6) is 0 Å². The highest BCUT2D eigenvalue weighted by atomic mass is 79.9. The number of rotatable bonds is 5. The van der Waals surface area contributed by atoms with Gasteiger partial charge in [0.15, 0.2) is 0 Å². The fourth-order valence-electron chi connectivity index (χ4n) is 1.05. The van der Waals surface area contributed by atoms with Gasteiger partial charge in [-0.2, -0.15) is 0 Å². The molecule has 92 valence electrons. The molecule has 0 amide bonds. The SMILES string of the molecule is CC(C)(C)S(=O)NCCCc1cc(Br)no1. The number of nitrogens with zero attached hydrogens (tertiary/aromatic N) is 1. The Bertz CT molecular complexity index is 360. The van der Waals surface area contributed by atoms with Crippen LogP contribution < -0.4 is 4.72 Å². The van der Waals surface area contributed by atoms with Crippen molar-refractivity contribution in [1.82, 2.24) is 9.88 Å². The predicted molar refractivity (Wildman–Crippen MR) is 68.4 cm³/mol. The molecule has 0 aromatic carbocycles. The average molecular weight is 309 g/mol. The fourth-order valence-corrected chi connectivity index (χ4v) is 2.14. The maximum atomic E-state index is 11.6. The van der Waals surface area contributed by atoms with Gasteiger partial charge >= 0.3 is 0 Å². The molecule has 0 aliphatic heterocycles. The summed E-state index contributed by atoms with van der Waals surface area (Å²) in [5.41, 5.74) is 0. The summed E-state index contributed by atoms with van der Waals surface area (Å²) in [5, 5.41) is 3.73. The zero-order chi connectivity index (χ0) is 12.2. The molecular weight excluding hydrogens is 292 g/mol. The first-order valence-electron chi connectivity index (χ1n) is 5.16. The summed E-state index contributed by atoms with van der Waals surface area (Å²) in [7, 11) is -0.995. The van der Waals surface area contributed by atoms with E-state index in [1.54, 1.807) is 0 Å². The van der Waals surface area contributed by atoms with Crippen LogP contribution in [0.1, 0.15) is 33.0 Å². The van der Waals surface area contributed by atoms with Crippen molar-refractivity contribution < 1.29 is 8.73 Å². The molecule has 1 N–H and O–H groups in total. The molecule has 1 atom stereocenters. The molecule has 1 aromatic rings. The molecule has 0 radical (unpaired) electrons. The highest BCUT2D eigenvalue weighted by Gasteiger charge is 2.18. The highest BCUT2D eigenvalue weighted by molar-refractivity contribution is 9.10. The average Bonchev–Trinajstić information content (AvgIpc) is 2.57. The quantitative estimate of drug-likeness (QED) is 0.850. The summed E-state index contributed by atoms with van der Waals surface area (Å²) in [6, 6.07) is 1.85. The minimum absolute atomic E-state index is 0.213. The van der Waals surface area contributed by atoms with E-state index in [0.29, 0.717) is 11.1 Å². The van der Waals surface area contributed by atoms with Crippen LogP contribution in [0.3, 0.4) is 0 Å². The van der Waals surface area contributed by atoms with Crippen molar-refractivity contribution in [2.45, 2.75) is 38.4 Å². The Morgan fingerprint density at radius 1 is 1.56 bits per heavy atom. The molecule has 0 aliphatic rings. The molecule has 4 nitrogen and oxygen atoms in total. The van der Waals surface area contributed by atoms with Gasteiger partial charge in [-0.3, -0.25) is 0 Å². The summed E-state index contributed by atoms with van der Waals surface area (Å²) < 4.78 is 20.2. The molecule has 16 heavy (non-hydrogen) atoms. The smallest absolute Gasteiger partial charge is 0.149 e. The lowest BCUT2D eigenvalue weighted by Gasteiger charge is -2.17. The molecule has 0 saturated heterocycles. The predicted octanol–water partition coefficient (Wildman–Crippen LogP) is 2.42. The molecule has 6 heteroatoms. The standard InChI is InChI=1S/C10H17BrN2O2S/c1-10(2,3)16(14)12-6-4-5-8-7-9(11)13-15-8/h7,12H,4-6H2,1-3H3. The van der Waals surface area contributed by atoms with E-state index < -0.39 is 11.0 Å². The van der Waals surface area contributed by atoms with Crippen molar-refractivity contribution >= 4 is 26.9 Å². The van der Waals surface area contributed by atoms with Crippen molar-refractivity contribution in [3.63, 3.8) is 0 Å². The fraction of sp³-hybridized carbons (Fsp3) is 0.700. The Morgan fingerprint density at radius 2 is 2.25 bits per heavy atom. The normalized spacial score (nSPS) is 14.0. The van der Waals surface area contributed by atoms with Gasteiger partial charge in [-0.05, 0) is 43.1 Å². The van der Waals surface area contributed by atoms with Gasteiger partial charge in [-0.15, -0.1) is 0 Å². The zero-order valence-corrected chi connectivity index (χ0v) is 12.2. The molecule has 0 aliphatic carbocycles. The molecule has 0 spiro atoms. The minimum atomic E-state index is -0.995. The molecule has 1 rings (SSSR count). The van der Waals surface area contributed by atoms with E-state index >= 15 is 0 Å².